The van der Waals surface area contributed by atoms with E-state index in [2.05, 4.69) is 16.7 Å². The van der Waals surface area contributed by atoms with Crippen molar-refractivity contribution < 1.29 is 4.79 Å². The Morgan fingerprint density at radius 1 is 1.77 bits per heavy atom. The number of aromatic nitrogens is 1. The quantitative estimate of drug-likeness (QED) is 0.674. The summed E-state index contributed by atoms with van der Waals surface area (Å²) in [5, 5.41) is 0. The molecule has 0 aliphatic heterocycles. The van der Waals surface area contributed by atoms with Gasteiger partial charge in [-0.05, 0) is 25.8 Å². The first kappa shape index (κ1) is 9.25. The topological polar surface area (TPSA) is 71.2 Å². The highest BCUT2D eigenvalue weighted by Crippen LogP contribution is 2.20. The summed E-state index contributed by atoms with van der Waals surface area (Å²) in [4.78, 5) is 17.4. The summed E-state index contributed by atoms with van der Waals surface area (Å²) in [5.41, 5.74) is 6.81. The monoisotopic (exact) mass is 177 g/mol. The Hall–Kier alpha value is -1.84. The van der Waals surface area contributed by atoms with Crippen LogP contribution in [0.25, 0.3) is 6.08 Å². The van der Waals surface area contributed by atoms with Crippen molar-refractivity contribution in [3.8, 4) is 0 Å². The zero-order valence-corrected chi connectivity index (χ0v) is 7.37. The fraction of sp³-hybridized carbons (Fsp3) is 0.111. The third kappa shape index (κ3) is 1.84. The highest BCUT2D eigenvalue weighted by Gasteiger charge is 2.07. The van der Waals surface area contributed by atoms with E-state index in [1.165, 1.54) is 0 Å². The molecule has 13 heavy (non-hydrogen) atoms. The van der Waals surface area contributed by atoms with Crippen LogP contribution in [0.4, 0.5) is 5.69 Å². The Morgan fingerprint density at radius 3 is 2.92 bits per heavy atom. The lowest BCUT2D eigenvalue weighted by Crippen LogP contribution is -2.10. The molecule has 3 N–H and O–H groups in total. The highest BCUT2D eigenvalue weighted by molar-refractivity contribution is 5.93. The minimum atomic E-state index is -0.499. The number of nitrogens with one attached hydrogen (secondary N) is 1. The molecule has 0 aromatic carbocycles. The average Bonchev–Trinajstić information content (AvgIpc) is 2.48. The van der Waals surface area contributed by atoms with Crippen LogP contribution < -0.4 is 5.73 Å². The second-order valence-electron chi connectivity index (χ2n) is 2.50. The molecule has 68 valence electrons. The Balaban J connectivity index is 3.18. The van der Waals surface area contributed by atoms with Gasteiger partial charge in [0.25, 0.3) is 5.91 Å². The second-order valence-corrected chi connectivity index (χ2v) is 2.50. The standard InChI is InChI=1S/C9H11N3O/c1-3-4-6-7(11-2)5-8(12-6)9(10)13/h3-5,12H,2H2,1H3,(H2,10,13)/b4-3-. The van der Waals surface area contributed by atoms with Crippen molar-refractivity contribution in [3.63, 3.8) is 0 Å². The van der Waals surface area contributed by atoms with Crippen LogP contribution in [0.2, 0.25) is 0 Å². The van der Waals surface area contributed by atoms with E-state index in [1.54, 1.807) is 12.1 Å². The SMILES string of the molecule is C=Nc1cc(C(N)=O)[nH]c1/C=C\C. The lowest BCUT2D eigenvalue weighted by Gasteiger charge is -1.88. The van der Waals surface area contributed by atoms with Crippen LogP contribution in [-0.2, 0) is 0 Å². The van der Waals surface area contributed by atoms with Crippen LogP contribution >= 0.6 is 0 Å². The first-order chi connectivity index (χ1) is 6.19. The number of amides is 1. The third-order valence-electron chi connectivity index (χ3n) is 1.60. The maximum absolute atomic E-state index is 10.8. The van der Waals surface area contributed by atoms with Gasteiger partial charge in [0.2, 0.25) is 0 Å². The maximum atomic E-state index is 10.8. The van der Waals surface area contributed by atoms with Crippen LogP contribution in [0.15, 0.2) is 17.1 Å². The van der Waals surface area contributed by atoms with E-state index >= 15 is 0 Å². The number of allylic oxidation sites excluding steroid dienone is 1. The van der Waals surface area contributed by atoms with E-state index in [0.29, 0.717) is 11.4 Å². The summed E-state index contributed by atoms with van der Waals surface area (Å²) in [6.07, 6.45) is 3.64. The summed E-state index contributed by atoms with van der Waals surface area (Å²) in [6, 6.07) is 1.57. The van der Waals surface area contributed by atoms with Crippen molar-refractivity contribution in [1.82, 2.24) is 4.98 Å². The van der Waals surface area contributed by atoms with Crippen molar-refractivity contribution in [2.24, 2.45) is 10.7 Å². The molecule has 0 fully saturated rings. The Bertz CT molecular complexity index is 363. The van der Waals surface area contributed by atoms with Gasteiger partial charge in [0.15, 0.2) is 0 Å². The van der Waals surface area contributed by atoms with E-state index < -0.39 is 5.91 Å². The number of rotatable bonds is 3. The Kier molecular flexibility index (Phi) is 2.64. The molecule has 0 spiro atoms. The summed E-state index contributed by atoms with van der Waals surface area (Å²) in [7, 11) is 0. The molecule has 0 bridgehead atoms. The lowest BCUT2D eigenvalue weighted by molar-refractivity contribution is 0.0996. The molecule has 1 amide bonds. The highest BCUT2D eigenvalue weighted by atomic mass is 16.1. The number of nitrogens with zero attached hydrogens (tertiary/aromatic N) is 1. The van der Waals surface area contributed by atoms with Gasteiger partial charge in [-0.25, -0.2) is 0 Å². The number of nitrogens with two attached hydrogens (primary N) is 1. The van der Waals surface area contributed by atoms with E-state index in [9.17, 15) is 4.79 Å². The fourth-order valence-corrected chi connectivity index (χ4v) is 1.02. The molecule has 1 aromatic rings. The fourth-order valence-electron chi connectivity index (χ4n) is 1.02. The second kappa shape index (κ2) is 3.71. The minimum absolute atomic E-state index is 0.343. The predicted octanol–water partition coefficient (Wildman–Crippen LogP) is 1.48. The summed E-state index contributed by atoms with van der Waals surface area (Å²) in [6.45, 7) is 5.26. The number of hydrogen-bond acceptors (Lipinski definition) is 2. The molecule has 0 saturated carbocycles. The van der Waals surface area contributed by atoms with Crippen LogP contribution in [0.3, 0.4) is 0 Å². The van der Waals surface area contributed by atoms with E-state index in [-0.39, 0.29) is 0 Å². The van der Waals surface area contributed by atoms with Crippen LogP contribution in [0, 0.1) is 0 Å². The van der Waals surface area contributed by atoms with Crippen molar-refractivity contribution in [1.29, 1.82) is 0 Å². The number of H-pyrrole nitrogens is 1. The van der Waals surface area contributed by atoms with Crippen LogP contribution in [0.1, 0.15) is 23.1 Å². The summed E-state index contributed by atoms with van der Waals surface area (Å²) < 4.78 is 0. The number of carbonyl (C=O) groups excluding carboxylic acids is 1. The molecule has 1 rings (SSSR count). The number of aromatic amines is 1. The van der Waals surface area contributed by atoms with Gasteiger partial charge in [0.05, 0.1) is 11.4 Å². The van der Waals surface area contributed by atoms with Crippen molar-refractivity contribution in [2.75, 3.05) is 0 Å². The zero-order chi connectivity index (χ0) is 9.84. The largest absolute Gasteiger partial charge is 0.364 e. The molecule has 4 nitrogen and oxygen atoms in total. The van der Waals surface area contributed by atoms with Gasteiger partial charge >= 0.3 is 0 Å². The smallest absolute Gasteiger partial charge is 0.265 e. The summed E-state index contributed by atoms with van der Waals surface area (Å²) in [5.74, 6) is -0.499. The first-order valence-electron chi connectivity index (χ1n) is 3.81. The van der Waals surface area contributed by atoms with Crippen LogP contribution in [-0.4, -0.2) is 17.6 Å². The number of aliphatic imine (C=N–C) groups is 1. The van der Waals surface area contributed by atoms with E-state index in [1.807, 2.05) is 13.0 Å². The van der Waals surface area contributed by atoms with Crippen molar-refractivity contribution in [2.45, 2.75) is 6.92 Å². The lowest BCUT2D eigenvalue weighted by atomic mass is 10.3. The maximum Gasteiger partial charge on any atom is 0.265 e. The number of hydrogen-bond donors (Lipinski definition) is 2. The first-order valence-corrected chi connectivity index (χ1v) is 3.81. The van der Waals surface area contributed by atoms with Gasteiger partial charge < -0.3 is 10.7 Å². The zero-order valence-electron chi connectivity index (χ0n) is 7.37. The Labute approximate surface area is 76.2 Å². The van der Waals surface area contributed by atoms with Gasteiger partial charge in [-0.15, -0.1) is 0 Å². The van der Waals surface area contributed by atoms with Gasteiger partial charge in [-0.1, -0.05) is 6.08 Å². The molecule has 0 unspecified atom stereocenters. The van der Waals surface area contributed by atoms with Gasteiger partial charge in [0, 0.05) is 0 Å². The third-order valence-corrected chi connectivity index (χ3v) is 1.60. The average molecular weight is 177 g/mol. The molecule has 1 heterocycles. The molecule has 0 aliphatic rings. The molecule has 0 aliphatic carbocycles. The predicted molar refractivity (Wildman–Crippen MR) is 53.2 cm³/mol. The van der Waals surface area contributed by atoms with Gasteiger partial charge in [-0.2, -0.15) is 0 Å². The molecule has 1 aromatic heterocycles. The van der Waals surface area contributed by atoms with Gasteiger partial charge in [0.1, 0.15) is 5.69 Å². The molecule has 4 heteroatoms. The van der Waals surface area contributed by atoms with Crippen molar-refractivity contribution >= 4 is 24.4 Å². The van der Waals surface area contributed by atoms with Gasteiger partial charge in [-0.3, -0.25) is 9.79 Å². The van der Waals surface area contributed by atoms with E-state index in [4.69, 9.17) is 5.73 Å². The van der Waals surface area contributed by atoms with Crippen molar-refractivity contribution in [3.05, 3.63) is 23.5 Å². The molecular weight excluding hydrogens is 166 g/mol. The normalized spacial score (nSPS) is 10.5. The number of carbonyl (C=O) groups is 1. The minimum Gasteiger partial charge on any atom is -0.364 e. The van der Waals surface area contributed by atoms with E-state index in [0.717, 1.165) is 5.69 Å². The molecule has 0 saturated heterocycles. The number of primary amides is 1. The Morgan fingerprint density at radius 2 is 2.46 bits per heavy atom. The molecule has 0 atom stereocenters. The van der Waals surface area contributed by atoms with Crippen LogP contribution in [0.5, 0.6) is 0 Å². The molecule has 0 radical (unpaired) electrons. The molecular formula is C9H11N3O. The summed E-state index contributed by atoms with van der Waals surface area (Å²) >= 11 is 0.